The lowest BCUT2D eigenvalue weighted by Crippen LogP contribution is -2.43. The third kappa shape index (κ3) is 3.66. The summed E-state index contributed by atoms with van der Waals surface area (Å²) in [6.07, 6.45) is 2.98. The molecule has 1 N–H and O–H groups in total. The first-order valence-electron chi connectivity index (χ1n) is 7.74. The largest absolute Gasteiger partial charge is 0.310 e. The Bertz CT molecular complexity index is 819. The van der Waals surface area contributed by atoms with E-state index in [0.29, 0.717) is 29.4 Å². The number of nitrogens with one attached hydrogen (secondary N) is 1. The zero-order valence-electron chi connectivity index (χ0n) is 13.3. The molecule has 0 saturated carbocycles. The van der Waals surface area contributed by atoms with E-state index < -0.39 is 10.0 Å². The number of carbonyl (C=O) groups excluding carboxylic acids is 1. The van der Waals surface area contributed by atoms with Crippen LogP contribution in [0.25, 0.3) is 0 Å². The van der Waals surface area contributed by atoms with E-state index in [9.17, 15) is 13.2 Å². The summed E-state index contributed by atoms with van der Waals surface area (Å²) in [5.74, 6) is -0.0479. The summed E-state index contributed by atoms with van der Waals surface area (Å²) in [5, 5.41) is 4.53. The number of hydrogen-bond donors (Lipinski definition) is 1. The fourth-order valence-electron chi connectivity index (χ4n) is 2.75. The van der Waals surface area contributed by atoms with Crippen molar-refractivity contribution in [3.63, 3.8) is 0 Å². The molecule has 2 aromatic heterocycles. The highest BCUT2D eigenvalue weighted by Crippen LogP contribution is 2.26. The average molecular weight is 365 g/mol. The van der Waals surface area contributed by atoms with Crippen molar-refractivity contribution in [2.24, 2.45) is 5.92 Å². The maximum absolute atomic E-state index is 12.6. The third-order valence-electron chi connectivity index (χ3n) is 4.01. The smallest absolute Gasteiger partial charge is 0.252 e. The number of carbonyl (C=O) groups is 1. The minimum atomic E-state index is -3.51. The van der Waals surface area contributed by atoms with Crippen LogP contribution in [0.5, 0.6) is 0 Å². The van der Waals surface area contributed by atoms with Crippen LogP contribution >= 0.6 is 11.3 Å². The number of rotatable bonds is 4. The van der Waals surface area contributed by atoms with E-state index in [0.717, 1.165) is 5.56 Å². The van der Waals surface area contributed by atoms with Crippen molar-refractivity contribution in [2.75, 3.05) is 18.4 Å². The third-order valence-corrected chi connectivity index (χ3v) is 7.25. The van der Waals surface area contributed by atoms with Crippen LogP contribution in [0.4, 0.5) is 5.82 Å². The summed E-state index contributed by atoms with van der Waals surface area (Å²) in [6, 6.07) is 6.96. The number of piperidine rings is 1. The zero-order valence-corrected chi connectivity index (χ0v) is 14.9. The van der Waals surface area contributed by atoms with Crippen LogP contribution < -0.4 is 5.32 Å². The lowest BCUT2D eigenvalue weighted by molar-refractivity contribution is -0.120. The van der Waals surface area contributed by atoms with Gasteiger partial charge in [0, 0.05) is 19.3 Å². The van der Waals surface area contributed by atoms with Crippen molar-refractivity contribution in [2.45, 2.75) is 24.0 Å². The molecule has 128 valence electrons. The molecule has 0 bridgehead atoms. The molecule has 6 nitrogen and oxygen atoms in total. The maximum Gasteiger partial charge on any atom is 0.252 e. The molecule has 1 aliphatic heterocycles. The second-order valence-corrected chi connectivity index (χ2v) is 8.95. The molecule has 3 heterocycles. The van der Waals surface area contributed by atoms with E-state index in [-0.39, 0.29) is 18.4 Å². The number of sulfonamides is 1. The standard InChI is InChI=1S/C16H19N3O3S2/c1-12-6-7-17-14(10-12)18-16(20)13-4-2-8-19(11-13)24(21,22)15-5-3-9-23-15/h3,5-7,9-10,13H,2,4,8,11H2,1H3,(H,17,18,20). The van der Waals surface area contributed by atoms with E-state index in [1.807, 2.05) is 13.0 Å². The van der Waals surface area contributed by atoms with Gasteiger partial charge in [0.25, 0.3) is 10.0 Å². The molecule has 0 spiro atoms. The summed E-state index contributed by atoms with van der Waals surface area (Å²) in [4.78, 5) is 16.6. The molecular weight excluding hydrogens is 346 g/mol. The predicted octanol–water partition coefficient (Wildman–Crippen LogP) is 2.49. The number of aryl methyl sites for hydroxylation is 1. The first kappa shape index (κ1) is 17.1. The van der Waals surface area contributed by atoms with Crippen LogP contribution in [-0.2, 0) is 14.8 Å². The molecule has 24 heavy (non-hydrogen) atoms. The molecule has 1 amide bonds. The number of thiophene rings is 1. The van der Waals surface area contributed by atoms with Gasteiger partial charge in [-0.15, -0.1) is 11.3 Å². The van der Waals surface area contributed by atoms with Gasteiger partial charge in [-0.25, -0.2) is 13.4 Å². The van der Waals surface area contributed by atoms with Crippen molar-refractivity contribution in [3.8, 4) is 0 Å². The van der Waals surface area contributed by atoms with Crippen molar-refractivity contribution < 1.29 is 13.2 Å². The molecule has 1 fully saturated rings. The molecule has 1 aliphatic rings. The topological polar surface area (TPSA) is 79.4 Å². The number of hydrogen-bond acceptors (Lipinski definition) is 5. The van der Waals surface area contributed by atoms with Crippen LogP contribution in [0.3, 0.4) is 0 Å². The number of nitrogens with zero attached hydrogens (tertiary/aromatic N) is 2. The van der Waals surface area contributed by atoms with Gasteiger partial charge in [0.15, 0.2) is 0 Å². The normalized spacial score (nSPS) is 19.1. The summed E-state index contributed by atoms with van der Waals surface area (Å²) in [5.41, 5.74) is 1.01. The molecule has 8 heteroatoms. The fraction of sp³-hybridized carbons (Fsp3) is 0.375. The molecule has 1 atom stereocenters. The Kier molecular flexibility index (Phi) is 4.98. The lowest BCUT2D eigenvalue weighted by Gasteiger charge is -2.30. The first-order chi connectivity index (χ1) is 11.5. The summed E-state index contributed by atoms with van der Waals surface area (Å²) < 4.78 is 27.0. The highest BCUT2D eigenvalue weighted by molar-refractivity contribution is 7.91. The zero-order chi connectivity index (χ0) is 17.2. The van der Waals surface area contributed by atoms with Gasteiger partial charge in [-0.3, -0.25) is 4.79 Å². The Hall–Kier alpha value is -1.77. The fourth-order valence-corrected chi connectivity index (χ4v) is 5.41. The quantitative estimate of drug-likeness (QED) is 0.903. The van der Waals surface area contributed by atoms with Crippen LogP contribution in [-0.4, -0.2) is 36.7 Å². The Balaban J connectivity index is 1.70. The highest BCUT2D eigenvalue weighted by Gasteiger charge is 2.33. The first-order valence-corrected chi connectivity index (χ1v) is 10.1. The molecule has 0 aromatic carbocycles. The summed E-state index contributed by atoms with van der Waals surface area (Å²) >= 11 is 1.20. The van der Waals surface area contributed by atoms with Crippen molar-refractivity contribution in [3.05, 3.63) is 41.4 Å². The molecule has 1 unspecified atom stereocenters. The molecule has 0 radical (unpaired) electrons. The van der Waals surface area contributed by atoms with Gasteiger partial charge < -0.3 is 5.32 Å². The summed E-state index contributed by atoms with van der Waals surface area (Å²) in [7, 11) is -3.51. The van der Waals surface area contributed by atoms with Crippen LogP contribution in [0.1, 0.15) is 18.4 Å². The predicted molar refractivity (Wildman–Crippen MR) is 93.4 cm³/mol. The van der Waals surface area contributed by atoms with Gasteiger partial charge in [0.2, 0.25) is 5.91 Å². The van der Waals surface area contributed by atoms with Gasteiger partial charge in [-0.1, -0.05) is 6.07 Å². The Morgan fingerprint density at radius 3 is 2.96 bits per heavy atom. The van der Waals surface area contributed by atoms with Gasteiger partial charge in [0.05, 0.1) is 5.92 Å². The van der Waals surface area contributed by atoms with Crippen LogP contribution in [0, 0.1) is 12.8 Å². The van der Waals surface area contributed by atoms with Gasteiger partial charge in [0.1, 0.15) is 10.0 Å². The minimum absolute atomic E-state index is 0.181. The highest BCUT2D eigenvalue weighted by atomic mass is 32.2. The van der Waals surface area contributed by atoms with Gasteiger partial charge in [-0.2, -0.15) is 4.31 Å². The van der Waals surface area contributed by atoms with E-state index in [1.54, 1.807) is 29.8 Å². The van der Waals surface area contributed by atoms with Gasteiger partial charge >= 0.3 is 0 Å². The van der Waals surface area contributed by atoms with Crippen LogP contribution in [0.15, 0.2) is 40.1 Å². The monoisotopic (exact) mass is 365 g/mol. The number of anilines is 1. The van der Waals surface area contributed by atoms with Crippen molar-refractivity contribution in [1.82, 2.24) is 9.29 Å². The maximum atomic E-state index is 12.6. The average Bonchev–Trinajstić information content (AvgIpc) is 3.10. The van der Waals surface area contributed by atoms with E-state index >= 15 is 0 Å². The molecular formula is C16H19N3O3S2. The number of amides is 1. The van der Waals surface area contributed by atoms with E-state index in [4.69, 9.17) is 0 Å². The number of aromatic nitrogens is 1. The molecule has 2 aromatic rings. The van der Waals surface area contributed by atoms with Gasteiger partial charge in [-0.05, 0) is 48.9 Å². The second kappa shape index (κ2) is 7.00. The Morgan fingerprint density at radius 2 is 2.25 bits per heavy atom. The number of pyridine rings is 1. The molecule has 1 saturated heterocycles. The van der Waals surface area contributed by atoms with Crippen molar-refractivity contribution in [1.29, 1.82) is 0 Å². The summed E-state index contributed by atoms with van der Waals surface area (Å²) in [6.45, 7) is 2.58. The Labute approximate surface area is 145 Å². The van der Waals surface area contributed by atoms with Crippen LogP contribution in [0.2, 0.25) is 0 Å². The minimum Gasteiger partial charge on any atom is -0.310 e. The van der Waals surface area contributed by atoms with Crippen molar-refractivity contribution >= 4 is 33.1 Å². The van der Waals surface area contributed by atoms with E-state index in [2.05, 4.69) is 10.3 Å². The Morgan fingerprint density at radius 1 is 1.42 bits per heavy atom. The molecule has 3 rings (SSSR count). The second-order valence-electron chi connectivity index (χ2n) is 5.84. The van der Waals surface area contributed by atoms with E-state index in [1.165, 1.54) is 15.6 Å². The SMILES string of the molecule is Cc1ccnc(NC(=O)C2CCCN(S(=O)(=O)c3cccs3)C2)c1. The molecule has 0 aliphatic carbocycles. The lowest BCUT2D eigenvalue weighted by atomic mass is 9.99.